The van der Waals surface area contributed by atoms with E-state index in [1.807, 2.05) is 0 Å². The smallest absolute Gasteiger partial charge is 0.334 e. The van der Waals surface area contributed by atoms with Crippen LogP contribution in [0, 0.1) is 10.1 Å². The Morgan fingerprint density at radius 3 is 2.79 bits per heavy atom. The van der Waals surface area contributed by atoms with Crippen LogP contribution < -0.4 is 5.32 Å². The maximum Gasteiger partial charge on any atom is 0.334 e. The quantitative estimate of drug-likeness (QED) is 0.652. The second kappa shape index (κ2) is 5.92. The van der Waals surface area contributed by atoms with Crippen LogP contribution in [0.4, 0.5) is 5.69 Å². The Labute approximate surface area is 137 Å². The van der Waals surface area contributed by atoms with E-state index < -0.39 is 16.8 Å². The summed E-state index contributed by atoms with van der Waals surface area (Å²) in [6, 6.07) is 5.84. The van der Waals surface area contributed by atoms with Gasteiger partial charge in [0, 0.05) is 41.4 Å². The second-order valence-corrected chi connectivity index (χ2v) is 5.92. The fourth-order valence-corrected chi connectivity index (χ4v) is 3.42. The van der Waals surface area contributed by atoms with Crippen LogP contribution in [0.5, 0.6) is 0 Å². The molecule has 0 amide bonds. The highest BCUT2D eigenvalue weighted by Crippen LogP contribution is 2.42. The van der Waals surface area contributed by atoms with E-state index in [9.17, 15) is 24.8 Å². The number of hydrogen-bond acceptors (Lipinski definition) is 5. The fraction of sp³-hybridized carbons (Fsp3) is 0.294. The van der Waals surface area contributed by atoms with Gasteiger partial charge in [-0.25, -0.2) is 4.79 Å². The number of nitro groups is 1. The third kappa shape index (κ3) is 2.58. The number of allylic oxidation sites excluding steroid dienone is 3. The van der Waals surface area contributed by atoms with Gasteiger partial charge in [-0.1, -0.05) is 12.1 Å². The summed E-state index contributed by atoms with van der Waals surface area (Å²) in [5.41, 5.74) is 2.00. The minimum absolute atomic E-state index is 0.0597. The monoisotopic (exact) mass is 328 g/mol. The number of nitro benzene ring substituents is 1. The summed E-state index contributed by atoms with van der Waals surface area (Å²) in [4.78, 5) is 34.8. The Bertz CT molecular complexity index is 822. The molecule has 0 aromatic heterocycles. The molecule has 7 heteroatoms. The Hall–Kier alpha value is -2.96. The highest BCUT2D eigenvalue weighted by molar-refractivity contribution is 6.03. The molecule has 0 bridgehead atoms. The zero-order valence-electron chi connectivity index (χ0n) is 13.0. The molecule has 1 atom stereocenters. The van der Waals surface area contributed by atoms with Crippen LogP contribution in [0.1, 0.15) is 37.7 Å². The molecule has 124 valence electrons. The third-order valence-corrected chi connectivity index (χ3v) is 4.42. The first-order valence-electron chi connectivity index (χ1n) is 7.62. The SMILES string of the molecule is CC1=C(C(=O)O)C(c2cccc([N+](=O)[O-])c2)C2=C(CCCC2=O)N1. The molecule has 1 unspecified atom stereocenters. The lowest BCUT2D eigenvalue weighted by atomic mass is 9.75. The van der Waals surface area contributed by atoms with E-state index in [2.05, 4.69) is 5.32 Å². The van der Waals surface area contributed by atoms with Gasteiger partial charge in [-0.05, 0) is 25.3 Å². The van der Waals surface area contributed by atoms with E-state index in [1.54, 1.807) is 13.0 Å². The highest BCUT2D eigenvalue weighted by atomic mass is 16.6. The van der Waals surface area contributed by atoms with E-state index >= 15 is 0 Å². The lowest BCUT2D eigenvalue weighted by molar-refractivity contribution is -0.384. The summed E-state index contributed by atoms with van der Waals surface area (Å²) in [7, 11) is 0. The maximum absolute atomic E-state index is 12.5. The van der Waals surface area contributed by atoms with Crippen molar-refractivity contribution >= 4 is 17.4 Å². The average Bonchev–Trinajstić information content (AvgIpc) is 2.53. The molecule has 0 saturated carbocycles. The topological polar surface area (TPSA) is 110 Å². The molecule has 0 radical (unpaired) electrons. The van der Waals surface area contributed by atoms with Gasteiger partial charge in [0.05, 0.1) is 10.5 Å². The summed E-state index contributed by atoms with van der Waals surface area (Å²) < 4.78 is 0. The van der Waals surface area contributed by atoms with Crippen molar-refractivity contribution in [3.63, 3.8) is 0 Å². The number of benzene rings is 1. The number of hydrogen-bond donors (Lipinski definition) is 2. The Balaban J connectivity index is 2.21. The van der Waals surface area contributed by atoms with E-state index in [-0.39, 0.29) is 17.0 Å². The number of nitrogens with zero attached hydrogens (tertiary/aromatic N) is 1. The van der Waals surface area contributed by atoms with Crippen LogP contribution in [0.2, 0.25) is 0 Å². The minimum Gasteiger partial charge on any atom is -0.478 e. The number of carbonyl (C=O) groups excluding carboxylic acids is 1. The van der Waals surface area contributed by atoms with E-state index in [0.29, 0.717) is 36.1 Å². The number of carboxylic acids is 1. The number of rotatable bonds is 3. The molecule has 2 aliphatic rings. The molecular weight excluding hydrogens is 312 g/mol. The predicted molar refractivity (Wildman–Crippen MR) is 85.2 cm³/mol. The van der Waals surface area contributed by atoms with Gasteiger partial charge < -0.3 is 10.4 Å². The predicted octanol–water partition coefficient (Wildman–Crippen LogP) is 2.65. The third-order valence-electron chi connectivity index (χ3n) is 4.42. The van der Waals surface area contributed by atoms with Crippen LogP contribution in [0.25, 0.3) is 0 Å². The number of carbonyl (C=O) groups is 2. The van der Waals surface area contributed by atoms with E-state index in [4.69, 9.17) is 0 Å². The van der Waals surface area contributed by atoms with Gasteiger partial charge in [0.1, 0.15) is 0 Å². The van der Waals surface area contributed by atoms with Crippen molar-refractivity contribution in [2.75, 3.05) is 0 Å². The highest BCUT2D eigenvalue weighted by Gasteiger charge is 2.38. The van der Waals surface area contributed by atoms with Gasteiger partial charge >= 0.3 is 5.97 Å². The molecule has 1 aromatic rings. The summed E-state index contributed by atoms with van der Waals surface area (Å²) in [5, 5.41) is 23.7. The maximum atomic E-state index is 12.5. The van der Waals surface area contributed by atoms with Gasteiger partial charge in [0.2, 0.25) is 0 Å². The fourth-order valence-electron chi connectivity index (χ4n) is 3.42. The van der Waals surface area contributed by atoms with Crippen LogP contribution >= 0.6 is 0 Å². The van der Waals surface area contributed by atoms with Crippen molar-refractivity contribution in [3.05, 3.63) is 62.5 Å². The second-order valence-electron chi connectivity index (χ2n) is 5.92. The Morgan fingerprint density at radius 1 is 1.38 bits per heavy atom. The summed E-state index contributed by atoms with van der Waals surface area (Å²) >= 11 is 0. The molecule has 2 N–H and O–H groups in total. The number of Topliss-reactive ketones (excluding diaryl/α,β-unsaturated/α-hetero) is 1. The Morgan fingerprint density at radius 2 is 2.12 bits per heavy atom. The van der Waals surface area contributed by atoms with Crippen molar-refractivity contribution in [3.8, 4) is 0 Å². The zero-order valence-corrected chi connectivity index (χ0v) is 13.0. The number of carboxylic acid groups (broad SMARTS) is 1. The van der Waals surface area contributed by atoms with Crippen molar-refractivity contribution in [2.24, 2.45) is 0 Å². The minimum atomic E-state index is -1.14. The standard InChI is InChI=1S/C17H16N2O5/c1-9-14(17(21)22)15(10-4-2-5-11(8-10)19(23)24)16-12(18-9)6-3-7-13(16)20/h2,4-5,8,15,18H,3,6-7H2,1H3,(H,21,22). The van der Waals surface area contributed by atoms with E-state index in [1.165, 1.54) is 18.2 Å². The lowest BCUT2D eigenvalue weighted by Crippen LogP contribution is -2.33. The molecule has 0 saturated heterocycles. The first-order chi connectivity index (χ1) is 11.4. The van der Waals surface area contributed by atoms with Crippen LogP contribution in [-0.2, 0) is 9.59 Å². The number of dihydropyridines is 1. The Kier molecular flexibility index (Phi) is 3.92. The summed E-state index contributed by atoms with van der Waals surface area (Å²) in [5.74, 6) is -2.03. The molecule has 0 fully saturated rings. The molecule has 24 heavy (non-hydrogen) atoms. The molecule has 1 aliphatic carbocycles. The molecule has 3 rings (SSSR count). The van der Waals surface area contributed by atoms with Crippen LogP contribution in [-0.4, -0.2) is 21.8 Å². The van der Waals surface area contributed by atoms with Crippen molar-refractivity contribution in [1.82, 2.24) is 5.32 Å². The summed E-state index contributed by atoms with van der Waals surface area (Å²) in [6.07, 6.45) is 1.73. The molecule has 1 heterocycles. The largest absolute Gasteiger partial charge is 0.478 e. The number of nitrogens with one attached hydrogen (secondary N) is 1. The average molecular weight is 328 g/mol. The van der Waals surface area contributed by atoms with Gasteiger partial charge in [0.25, 0.3) is 5.69 Å². The molecular formula is C17H16N2O5. The van der Waals surface area contributed by atoms with E-state index in [0.717, 1.165) is 5.70 Å². The molecule has 7 nitrogen and oxygen atoms in total. The van der Waals surface area contributed by atoms with Crippen LogP contribution in [0.3, 0.4) is 0 Å². The number of non-ortho nitro benzene ring substituents is 1. The van der Waals surface area contributed by atoms with Crippen molar-refractivity contribution in [2.45, 2.75) is 32.1 Å². The number of ketones is 1. The molecule has 1 aromatic carbocycles. The molecule has 0 spiro atoms. The number of aliphatic carboxylic acids is 1. The lowest BCUT2D eigenvalue weighted by Gasteiger charge is -2.33. The van der Waals surface area contributed by atoms with Gasteiger partial charge in [0.15, 0.2) is 5.78 Å². The first-order valence-corrected chi connectivity index (χ1v) is 7.62. The van der Waals surface area contributed by atoms with Crippen LogP contribution in [0.15, 0.2) is 46.8 Å². The van der Waals surface area contributed by atoms with Gasteiger partial charge in [-0.3, -0.25) is 14.9 Å². The van der Waals surface area contributed by atoms with Gasteiger partial charge in [-0.2, -0.15) is 0 Å². The molecule has 1 aliphatic heterocycles. The zero-order chi connectivity index (χ0) is 17.4. The normalized spacial score (nSPS) is 20.5. The first kappa shape index (κ1) is 15.9. The van der Waals surface area contributed by atoms with Crippen molar-refractivity contribution < 1.29 is 19.6 Å². The van der Waals surface area contributed by atoms with Gasteiger partial charge in [-0.15, -0.1) is 0 Å². The van der Waals surface area contributed by atoms with Crippen molar-refractivity contribution in [1.29, 1.82) is 0 Å². The summed E-state index contributed by atoms with van der Waals surface area (Å²) in [6.45, 7) is 1.65.